The minimum atomic E-state index is -3.12. The fourth-order valence-corrected chi connectivity index (χ4v) is 1.25. The number of rotatable bonds is 6. The molecule has 7 nitrogen and oxygen atoms in total. The molecule has 0 unspecified atom stereocenters. The van der Waals surface area contributed by atoms with Crippen LogP contribution in [0.5, 0.6) is 0 Å². The normalized spacial score (nSPS) is 16.5. The Morgan fingerprint density at radius 2 is 1.80 bits per heavy atom. The molecule has 0 heterocycles. The molecule has 0 spiro atoms. The van der Waals surface area contributed by atoms with Gasteiger partial charge in [-0.05, 0) is 13.5 Å². The summed E-state index contributed by atoms with van der Waals surface area (Å²) in [6.45, 7) is 0.573. The molecule has 0 aliphatic heterocycles. The van der Waals surface area contributed by atoms with E-state index in [-0.39, 0.29) is 6.54 Å². The molecule has 15 heavy (non-hydrogen) atoms. The van der Waals surface area contributed by atoms with Crippen molar-refractivity contribution in [2.24, 2.45) is 0 Å². The molecule has 0 amide bonds. The van der Waals surface area contributed by atoms with Crippen molar-refractivity contribution >= 4 is 5.97 Å². The Hall–Kier alpha value is -0.730. The van der Waals surface area contributed by atoms with Gasteiger partial charge in [0.15, 0.2) is 0 Å². The van der Waals surface area contributed by atoms with Crippen LogP contribution in [0.1, 0.15) is 13.3 Å². The lowest BCUT2D eigenvalue weighted by Crippen LogP contribution is -2.69. The first-order valence-corrected chi connectivity index (χ1v) is 4.46. The first-order chi connectivity index (χ1) is 6.74. The Morgan fingerprint density at radius 3 is 2.07 bits per heavy atom. The first-order valence-electron chi connectivity index (χ1n) is 4.46. The van der Waals surface area contributed by atoms with Crippen LogP contribution >= 0.6 is 0 Å². The first kappa shape index (κ1) is 14.3. The standard InChI is InChI=1S/C8H17NO6/c1-3-4-9(2)8(15,6(11)12)7(13,14)5-10/h10,13-15H,3-5H2,1-2H3,(H,11,12)/t8-/m0/s1. The highest BCUT2D eigenvalue weighted by molar-refractivity contribution is 5.78. The van der Waals surface area contributed by atoms with E-state index >= 15 is 0 Å². The van der Waals surface area contributed by atoms with Gasteiger partial charge in [-0.15, -0.1) is 0 Å². The quantitative estimate of drug-likeness (QED) is 0.323. The lowest BCUT2D eigenvalue weighted by molar-refractivity contribution is -0.324. The molecule has 0 saturated carbocycles. The van der Waals surface area contributed by atoms with Gasteiger partial charge in [0.25, 0.3) is 5.72 Å². The topological polar surface area (TPSA) is 121 Å². The molecule has 0 bridgehead atoms. The van der Waals surface area contributed by atoms with E-state index in [9.17, 15) is 20.1 Å². The number of carbonyl (C=O) groups is 1. The van der Waals surface area contributed by atoms with Gasteiger partial charge in [-0.25, -0.2) is 4.79 Å². The third-order valence-corrected chi connectivity index (χ3v) is 2.19. The predicted molar refractivity (Wildman–Crippen MR) is 49.8 cm³/mol. The largest absolute Gasteiger partial charge is 0.478 e. The summed E-state index contributed by atoms with van der Waals surface area (Å²) in [7, 11) is 1.22. The average Bonchev–Trinajstić information content (AvgIpc) is 2.16. The molecule has 5 N–H and O–H groups in total. The van der Waals surface area contributed by atoms with Crippen molar-refractivity contribution in [3.8, 4) is 0 Å². The maximum atomic E-state index is 10.8. The zero-order valence-electron chi connectivity index (χ0n) is 8.71. The molecule has 0 aliphatic rings. The molecule has 1 atom stereocenters. The summed E-state index contributed by atoms with van der Waals surface area (Å²) in [6.07, 6.45) is 0.508. The van der Waals surface area contributed by atoms with E-state index in [4.69, 9.17) is 10.2 Å². The van der Waals surface area contributed by atoms with E-state index in [2.05, 4.69) is 0 Å². The molecule has 0 aromatic carbocycles. The second kappa shape index (κ2) is 4.86. The monoisotopic (exact) mass is 223 g/mol. The highest BCUT2D eigenvalue weighted by Gasteiger charge is 2.57. The molecule has 0 aliphatic carbocycles. The molecule has 0 rings (SSSR count). The highest BCUT2D eigenvalue weighted by atomic mass is 16.6. The lowest BCUT2D eigenvalue weighted by atomic mass is 10.0. The number of aliphatic carboxylic acids is 1. The maximum Gasteiger partial charge on any atom is 0.357 e. The molecule has 90 valence electrons. The van der Waals surface area contributed by atoms with Crippen molar-refractivity contribution in [2.75, 3.05) is 20.2 Å². The van der Waals surface area contributed by atoms with Gasteiger partial charge < -0.3 is 25.5 Å². The number of aliphatic hydroxyl groups is 4. The minimum Gasteiger partial charge on any atom is -0.478 e. The molecule has 0 fully saturated rings. The zero-order chi connectivity index (χ0) is 12.3. The summed E-state index contributed by atoms with van der Waals surface area (Å²) in [5.74, 6) is -4.96. The number of aliphatic hydroxyl groups excluding tert-OH is 1. The number of carboxylic acids is 1. The Bertz CT molecular complexity index is 231. The molecule has 0 aromatic heterocycles. The summed E-state index contributed by atoms with van der Waals surface area (Å²) in [6, 6.07) is 0. The molecule has 0 aromatic rings. The summed E-state index contributed by atoms with van der Waals surface area (Å²) >= 11 is 0. The number of carboxylic acid groups (broad SMARTS) is 1. The highest BCUT2D eigenvalue weighted by Crippen LogP contribution is 2.23. The third kappa shape index (κ3) is 2.44. The van der Waals surface area contributed by atoms with Crippen LogP contribution in [0.2, 0.25) is 0 Å². The van der Waals surface area contributed by atoms with Crippen LogP contribution in [-0.2, 0) is 4.79 Å². The number of hydrogen-bond donors (Lipinski definition) is 5. The Balaban J connectivity index is 5.15. The third-order valence-electron chi connectivity index (χ3n) is 2.19. The van der Waals surface area contributed by atoms with E-state index in [1.165, 1.54) is 7.05 Å². The van der Waals surface area contributed by atoms with E-state index in [0.717, 1.165) is 4.90 Å². The van der Waals surface area contributed by atoms with Crippen LogP contribution in [0.3, 0.4) is 0 Å². The summed E-state index contributed by atoms with van der Waals surface area (Å²) < 4.78 is 0. The molecule has 7 heteroatoms. The van der Waals surface area contributed by atoms with Gasteiger partial charge in [0.05, 0.1) is 0 Å². The van der Waals surface area contributed by atoms with Gasteiger partial charge in [0.2, 0.25) is 5.79 Å². The van der Waals surface area contributed by atoms with E-state index in [0.29, 0.717) is 6.42 Å². The number of nitrogens with zero attached hydrogens (tertiary/aromatic N) is 1. The van der Waals surface area contributed by atoms with Crippen molar-refractivity contribution in [2.45, 2.75) is 24.9 Å². The van der Waals surface area contributed by atoms with E-state index in [1.807, 2.05) is 0 Å². The zero-order valence-corrected chi connectivity index (χ0v) is 8.71. The van der Waals surface area contributed by atoms with Crippen LogP contribution < -0.4 is 0 Å². The van der Waals surface area contributed by atoms with Gasteiger partial charge >= 0.3 is 5.97 Å². The number of likely N-dealkylation sites (N-methyl/N-ethyl adjacent to an activating group) is 1. The Morgan fingerprint density at radius 1 is 1.33 bits per heavy atom. The summed E-state index contributed by atoms with van der Waals surface area (Å²) in [4.78, 5) is 11.7. The fraction of sp³-hybridized carbons (Fsp3) is 0.875. The van der Waals surface area contributed by atoms with Gasteiger partial charge in [-0.3, -0.25) is 4.90 Å². The summed E-state index contributed by atoms with van der Waals surface area (Å²) in [5.41, 5.74) is -2.93. The second-order valence-corrected chi connectivity index (χ2v) is 3.37. The predicted octanol–water partition coefficient (Wildman–Crippen LogP) is -2.23. The Labute approximate surface area is 87.2 Å². The van der Waals surface area contributed by atoms with Gasteiger partial charge in [-0.1, -0.05) is 6.92 Å². The molecule has 0 saturated heterocycles. The molecular weight excluding hydrogens is 206 g/mol. The van der Waals surface area contributed by atoms with Crippen LogP contribution in [-0.4, -0.2) is 68.1 Å². The maximum absolute atomic E-state index is 10.8. The van der Waals surface area contributed by atoms with Crippen LogP contribution in [0.25, 0.3) is 0 Å². The van der Waals surface area contributed by atoms with Crippen LogP contribution in [0.4, 0.5) is 0 Å². The van der Waals surface area contributed by atoms with E-state index < -0.39 is 24.1 Å². The molecule has 0 radical (unpaired) electrons. The van der Waals surface area contributed by atoms with Gasteiger partial charge in [0.1, 0.15) is 6.61 Å². The Kier molecular flexibility index (Phi) is 4.63. The lowest BCUT2D eigenvalue weighted by Gasteiger charge is -2.40. The van der Waals surface area contributed by atoms with Crippen molar-refractivity contribution < 1.29 is 30.3 Å². The van der Waals surface area contributed by atoms with Crippen molar-refractivity contribution in [3.63, 3.8) is 0 Å². The number of hydrogen-bond acceptors (Lipinski definition) is 6. The fourth-order valence-electron chi connectivity index (χ4n) is 1.25. The smallest absolute Gasteiger partial charge is 0.357 e. The minimum absolute atomic E-state index is 0.131. The van der Waals surface area contributed by atoms with E-state index in [1.54, 1.807) is 6.92 Å². The SMILES string of the molecule is CCCN(C)[C@](O)(C(=O)O)C(O)(O)CO. The second-order valence-electron chi connectivity index (χ2n) is 3.37. The van der Waals surface area contributed by atoms with Crippen LogP contribution in [0, 0.1) is 0 Å². The van der Waals surface area contributed by atoms with Crippen molar-refractivity contribution in [3.05, 3.63) is 0 Å². The summed E-state index contributed by atoms with van der Waals surface area (Å²) in [5, 5.41) is 45.6. The van der Waals surface area contributed by atoms with Gasteiger partial charge in [0, 0.05) is 6.54 Å². The van der Waals surface area contributed by atoms with Crippen LogP contribution in [0.15, 0.2) is 0 Å². The van der Waals surface area contributed by atoms with Crippen molar-refractivity contribution in [1.82, 2.24) is 4.90 Å². The van der Waals surface area contributed by atoms with Gasteiger partial charge in [-0.2, -0.15) is 0 Å². The molecular formula is C8H17NO6. The van der Waals surface area contributed by atoms with Crippen molar-refractivity contribution in [1.29, 1.82) is 0 Å². The average molecular weight is 223 g/mol.